The molecule has 0 saturated carbocycles. The van der Waals surface area contributed by atoms with Crippen molar-refractivity contribution in [3.63, 3.8) is 0 Å². The summed E-state index contributed by atoms with van der Waals surface area (Å²) in [6, 6.07) is 0.515. The summed E-state index contributed by atoms with van der Waals surface area (Å²) in [5.74, 6) is -1.08. The Morgan fingerprint density at radius 1 is 1.55 bits per heavy atom. The van der Waals surface area contributed by atoms with Crippen LogP contribution in [-0.2, 0) is 15.0 Å². The standard InChI is InChI=1S/C12H18N2O4S2/c1-9(10-5-7-19-8-10)13-20(17,18)14-6-3-2-4-11(14)12(15)16/h5,7-9,11,13H,2-4,6H2,1H3,(H,15,16). The van der Waals surface area contributed by atoms with Crippen LogP contribution in [0.2, 0.25) is 0 Å². The summed E-state index contributed by atoms with van der Waals surface area (Å²) >= 11 is 1.49. The Morgan fingerprint density at radius 3 is 2.90 bits per heavy atom. The number of aliphatic carboxylic acids is 1. The first-order chi connectivity index (χ1) is 9.42. The molecule has 0 radical (unpaired) electrons. The summed E-state index contributed by atoms with van der Waals surface area (Å²) in [5, 5.41) is 12.9. The van der Waals surface area contributed by atoms with Gasteiger partial charge in [0.2, 0.25) is 0 Å². The van der Waals surface area contributed by atoms with E-state index in [0.29, 0.717) is 12.8 Å². The zero-order valence-corrected chi connectivity index (χ0v) is 12.8. The Hall–Kier alpha value is -0.960. The lowest BCUT2D eigenvalue weighted by Gasteiger charge is -2.32. The first kappa shape index (κ1) is 15.4. The van der Waals surface area contributed by atoms with Gasteiger partial charge in [0.25, 0.3) is 10.2 Å². The van der Waals surface area contributed by atoms with Gasteiger partial charge in [0, 0.05) is 12.6 Å². The topological polar surface area (TPSA) is 86.7 Å². The highest BCUT2D eigenvalue weighted by molar-refractivity contribution is 7.87. The minimum atomic E-state index is -3.80. The van der Waals surface area contributed by atoms with Gasteiger partial charge in [-0.25, -0.2) is 0 Å². The summed E-state index contributed by atoms with van der Waals surface area (Å²) in [4.78, 5) is 11.2. The average molecular weight is 318 g/mol. The third kappa shape index (κ3) is 3.38. The Morgan fingerprint density at radius 2 is 2.30 bits per heavy atom. The van der Waals surface area contributed by atoms with E-state index in [1.807, 2.05) is 16.8 Å². The van der Waals surface area contributed by atoms with E-state index in [9.17, 15) is 13.2 Å². The molecule has 1 aromatic heterocycles. The largest absolute Gasteiger partial charge is 0.480 e. The minimum absolute atomic E-state index is 0.253. The highest BCUT2D eigenvalue weighted by Gasteiger charge is 2.37. The van der Waals surface area contributed by atoms with Gasteiger partial charge in [0.05, 0.1) is 0 Å². The molecule has 6 nitrogen and oxygen atoms in total. The number of hydrogen-bond donors (Lipinski definition) is 2. The zero-order chi connectivity index (χ0) is 14.8. The predicted octanol–water partition coefficient (Wildman–Crippen LogP) is 1.58. The monoisotopic (exact) mass is 318 g/mol. The van der Waals surface area contributed by atoms with Gasteiger partial charge >= 0.3 is 5.97 Å². The highest BCUT2D eigenvalue weighted by Crippen LogP contribution is 2.23. The van der Waals surface area contributed by atoms with Crippen molar-refractivity contribution in [2.45, 2.75) is 38.3 Å². The maximum atomic E-state index is 12.4. The number of carboxylic acid groups (broad SMARTS) is 1. The van der Waals surface area contributed by atoms with E-state index < -0.39 is 22.2 Å². The second-order valence-electron chi connectivity index (χ2n) is 4.86. The fourth-order valence-corrected chi connectivity index (χ4v) is 4.69. The van der Waals surface area contributed by atoms with Crippen LogP contribution in [-0.4, -0.2) is 36.4 Å². The predicted molar refractivity (Wildman–Crippen MR) is 76.8 cm³/mol. The lowest BCUT2D eigenvalue weighted by Crippen LogP contribution is -2.52. The Balaban J connectivity index is 2.14. The average Bonchev–Trinajstić information content (AvgIpc) is 2.92. The highest BCUT2D eigenvalue weighted by atomic mass is 32.2. The number of nitrogens with one attached hydrogen (secondary N) is 1. The van der Waals surface area contributed by atoms with Gasteiger partial charge in [-0.15, -0.1) is 0 Å². The van der Waals surface area contributed by atoms with Crippen molar-refractivity contribution < 1.29 is 18.3 Å². The van der Waals surface area contributed by atoms with Crippen LogP contribution in [0.25, 0.3) is 0 Å². The summed E-state index contributed by atoms with van der Waals surface area (Å²) in [6.45, 7) is 2.00. The number of thiophene rings is 1. The molecular formula is C12H18N2O4S2. The van der Waals surface area contributed by atoms with Crippen LogP contribution in [0.5, 0.6) is 0 Å². The molecule has 0 aromatic carbocycles. The number of rotatable bonds is 5. The normalized spacial score (nSPS) is 22.6. The second-order valence-corrected chi connectivity index (χ2v) is 7.30. The lowest BCUT2D eigenvalue weighted by atomic mass is 10.1. The van der Waals surface area contributed by atoms with E-state index in [-0.39, 0.29) is 12.6 Å². The summed E-state index contributed by atoms with van der Waals surface area (Å²) in [7, 11) is -3.80. The van der Waals surface area contributed by atoms with Gasteiger partial charge in [0.15, 0.2) is 0 Å². The number of hydrogen-bond acceptors (Lipinski definition) is 4. The minimum Gasteiger partial charge on any atom is -0.480 e. The van der Waals surface area contributed by atoms with Gasteiger partial charge in [-0.2, -0.15) is 28.8 Å². The van der Waals surface area contributed by atoms with Gasteiger partial charge in [-0.1, -0.05) is 0 Å². The number of piperidine rings is 1. The zero-order valence-electron chi connectivity index (χ0n) is 11.2. The number of carboxylic acids is 1. The molecule has 2 unspecified atom stereocenters. The first-order valence-electron chi connectivity index (χ1n) is 6.46. The molecule has 0 spiro atoms. The molecule has 0 bridgehead atoms. The van der Waals surface area contributed by atoms with Crippen LogP contribution in [0.4, 0.5) is 0 Å². The molecule has 8 heteroatoms. The summed E-state index contributed by atoms with van der Waals surface area (Å²) in [5.41, 5.74) is 0.877. The molecule has 112 valence electrons. The molecule has 2 atom stereocenters. The quantitative estimate of drug-likeness (QED) is 0.863. The van der Waals surface area contributed by atoms with Crippen molar-refractivity contribution in [1.82, 2.24) is 9.03 Å². The molecule has 1 aliphatic heterocycles. The van der Waals surface area contributed by atoms with Crippen LogP contribution in [0.15, 0.2) is 16.8 Å². The third-order valence-corrected chi connectivity index (χ3v) is 5.82. The van der Waals surface area contributed by atoms with E-state index >= 15 is 0 Å². The van der Waals surface area contributed by atoms with E-state index in [1.54, 1.807) is 6.92 Å². The fraction of sp³-hybridized carbons (Fsp3) is 0.583. The van der Waals surface area contributed by atoms with E-state index in [2.05, 4.69) is 4.72 Å². The van der Waals surface area contributed by atoms with Crippen molar-refractivity contribution in [1.29, 1.82) is 0 Å². The lowest BCUT2D eigenvalue weighted by molar-refractivity contribution is -0.142. The molecule has 20 heavy (non-hydrogen) atoms. The van der Waals surface area contributed by atoms with Crippen LogP contribution in [0, 0.1) is 0 Å². The molecule has 2 N–H and O–H groups in total. The molecule has 0 aliphatic carbocycles. The van der Waals surface area contributed by atoms with Crippen molar-refractivity contribution in [2.24, 2.45) is 0 Å². The Bertz CT molecular complexity index is 556. The van der Waals surface area contributed by atoms with Gasteiger partial charge in [0.1, 0.15) is 6.04 Å². The van der Waals surface area contributed by atoms with Crippen molar-refractivity contribution >= 4 is 27.5 Å². The van der Waals surface area contributed by atoms with E-state index in [4.69, 9.17) is 5.11 Å². The van der Waals surface area contributed by atoms with Crippen LogP contribution in [0.3, 0.4) is 0 Å². The molecule has 1 aromatic rings. The maximum absolute atomic E-state index is 12.4. The molecule has 2 heterocycles. The molecule has 1 fully saturated rings. The van der Waals surface area contributed by atoms with Crippen molar-refractivity contribution in [2.75, 3.05) is 6.54 Å². The number of nitrogens with zero attached hydrogens (tertiary/aromatic N) is 1. The van der Waals surface area contributed by atoms with E-state index in [0.717, 1.165) is 16.3 Å². The van der Waals surface area contributed by atoms with Crippen LogP contribution in [0.1, 0.15) is 37.8 Å². The second kappa shape index (κ2) is 6.21. The smallest absolute Gasteiger partial charge is 0.322 e. The Kier molecular flexibility index (Phi) is 4.79. The summed E-state index contributed by atoms with van der Waals surface area (Å²) < 4.78 is 28.3. The van der Waals surface area contributed by atoms with E-state index in [1.165, 1.54) is 11.3 Å². The van der Waals surface area contributed by atoms with Crippen molar-refractivity contribution in [3.8, 4) is 0 Å². The molecule has 1 saturated heterocycles. The Labute approximate surface area is 122 Å². The van der Waals surface area contributed by atoms with Crippen LogP contribution >= 0.6 is 11.3 Å². The summed E-state index contributed by atoms with van der Waals surface area (Å²) in [6.07, 6.45) is 1.80. The molecule has 0 amide bonds. The molecule has 2 rings (SSSR count). The first-order valence-corrected chi connectivity index (χ1v) is 8.84. The SMILES string of the molecule is CC(NS(=O)(=O)N1CCCCC1C(=O)O)c1ccsc1. The molecular weight excluding hydrogens is 300 g/mol. The van der Waals surface area contributed by atoms with Gasteiger partial charge in [-0.3, -0.25) is 4.79 Å². The van der Waals surface area contributed by atoms with Crippen molar-refractivity contribution in [3.05, 3.63) is 22.4 Å². The fourth-order valence-electron chi connectivity index (χ4n) is 2.32. The molecule has 1 aliphatic rings. The number of carbonyl (C=O) groups is 1. The van der Waals surface area contributed by atoms with Gasteiger partial charge < -0.3 is 5.11 Å². The van der Waals surface area contributed by atoms with Gasteiger partial charge in [-0.05, 0) is 48.6 Å². The maximum Gasteiger partial charge on any atom is 0.322 e. The van der Waals surface area contributed by atoms with Crippen LogP contribution < -0.4 is 4.72 Å². The third-order valence-electron chi connectivity index (χ3n) is 3.42.